The number of carbonyl (C=O) groups excluding carboxylic acids is 3. The number of ketones is 2. The van der Waals surface area contributed by atoms with Crippen LogP contribution in [0.4, 0.5) is 5.69 Å². The molecule has 2 aliphatic rings. The fraction of sp³-hybridized carbons (Fsp3) is 0.318. The van der Waals surface area contributed by atoms with E-state index in [0.29, 0.717) is 33.2 Å². The number of benzene rings is 2. The third kappa shape index (κ3) is 3.44. The molecule has 0 saturated heterocycles. The third-order valence-electron chi connectivity index (χ3n) is 5.26. The van der Waals surface area contributed by atoms with E-state index in [1.54, 1.807) is 54.2 Å². The largest absolute Gasteiger partial charge is 0.325 e. The van der Waals surface area contributed by atoms with E-state index in [2.05, 4.69) is 5.32 Å². The van der Waals surface area contributed by atoms with Crippen LogP contribution in [0.1, 0.15) is 64.4 Å². The van der Waals surface area contributed by atoms with E-state index >= 15 is 0 Å². The van der Waals surface area contributed by atoms with Crippen molar-refractivity contribution >= 4 is 34.9 Å². The molecule has 2 aliphatic carbocycles. The number of fused-ring (bicyclic) bond motifs is 2. The molecule has 1 atom stereocenters. The van der Waals surface area contributed by atoms with Gasteiger partial charge in [0, 0.05) is 33.2 Å². The fourth-order valence-electron chi connectivity index (χ4n) is 3.80. The Morgan fingerprint density at radius 3 is 2.22 bits per heavy atom. The Morgan fingerprint density at radius 1 is 0.963 bits per heavy atom. The van der Waals surface area contributed by atoms with Gasteiger partial charge in [-0.1, -0.05) is 37.1 Å². The summed E-state index contributed by atoms with van der Waals surface area (Å²) in [7, 11) is 0. The van der Waals surface area contributed by atoms with Gasteiger partial charge in [-0.3, -0.25) is 14.4 Å². The van der Waals surface area contributed by atoms with Crippen molar-refractivity contribution in [2.75, 3.05) is 5.32 Å². The summed E-state index contributed by atoms with van der Waals surface area (Å²) < 4.78 is 0. The van der Waals surface area contributed by atoms with Gasteiger partial charge in [0.05, 0.1) is 5.25 Å². The highest BCUT2D eigenvalue weighted by molar-refractivity contribution is 8.01. The summed E-state index contributed by atoms with van der Waals surface area (Å²) in [5.74, 6) is -0.394. The molecule has 1 N–H and O–H groups in total. The Labute approximate surface area is 162 Å². The van der Waals surface area contributed by atoms with E-state index in [9.17, 15) is 14.4 Å². The number of hydrogen-bond donors (Lipinski definition) is 1. The highest BCUT2D eigenvalue weighted by Gasteiger charge is 2.30. The maximum atomic E-state index is 12.8. The van der Waals surface area contributed by atoms with Crippen LogP contribution in [0.15, 0.2) is 42.5 Å². The standard InChI is InChI=1S/C22H21NO3S/c1-13(27-15-6-2-3-7-15)22(26)23-14-10-11-18-19(12-14)21(25)17-9-5-4-8-16(17)20(18)24/h4-5,8-13,15H,2-3,6-7H2,1H3,(H,23,26)/t13-/m0/s1. The molecule has 4 rings (SSSR count). The second-order valence-corrected chi connectivity index (χ2v) is 8.78. The van der Waals surface area contributed by atoms with Crippen molar-refractivity contribution in [1.29, 1.82) is 0 Å². The normalized spacial score (nSPS) is 17.4. The molecule has 1 fully saturated rings. The fourth-order valence-corrected chi connectivity index (χ4v) is 5.16. The second-order valence-electron chi connectivity index (χ2n) is 7.14. The molecule has 0 aromatic heterocycles. The maximum Gasteiger partial charge on any atom is 0.237 e. The van der Waals surface area contributed by atoms with Gasteiger partial charge in [0.25, 0.3) is 0 Å². The zero-order valence-electron chi connectivity index (χ0n) is 15.2. The molecule has 0 aliphatic heterocycles. The summed E-state index contributed by atoms with van der Waals surface area (Å²) in [6.45, 7) is 1.92. The van der Waals surface area contributed by atoms with Crippen molar-refractivity contribution < 1.29 is 14.4 Å². The Bertz CT molecular complexity index is 931. The highest BCUT2D eigenvalue weighted by Crippen LogP contribution is 2.33. The number of carbonyl (C=O) groups is 3. The molecule has 138 valence electrons. The summed E-state index contributed by atoms with van der Waals surface area (Å²) in [4.78, 5) is 38.0. The first-order valence-corrected chi connectivity index (χ1v) is 10.3. The van der Waals surface area contributed by atoms with Crippen LogP contribution in [-0.2, 0) is 4.79 Å². The zero-order chi connectivity index (χ0) is 19.0. The average molecular weight is 379 g/mol. The van der Waals surface area contributed by atoms with Crippen molar-refractivity contribution in [3.05, 3.63) is 64.7 Å². The molecule has 0 spiro atoms. The SMILES string of the molecule is C[C@H](SC1CCCC1)C(=O)Nc1ccc2c(c1)C(=O)c1ccccc1C2=O. The van der Waals surface area contributed by atoms with Gasteiger partial charge in [-0.2, -0.15) is 0 Å². The van der Waals surface area contributed by atoms with Crippen LogP contribution in [0.5, 0.6) is 0 Å². The van der Waals surface area contributed by atoms with Gasteiger partial charge in [-0.05, 0) is 38.0 Å². The number of anilines is 1. The Kier molecular flexibility index (Phi) is 4.87. The number of hydrogen-bond acceptors (Lipinski definition) is 4. The summed E-state index contributed by atoms with van der Waals surface area (Å²) in [5, 5.41) is 3.31. The van der Waals surface area contributed by atoms with Gasteiger partial charge in [-0.15, -0.1) is 11.8 Å². The van der Waals surface area contributed by atoms with Crippen LogP contribution in [0.25, 0.3) is 0 Å². The van der Waals surface area contributed by atoms with Gasteiger partial charge in [0.2, 0.25) is 5.91 Å². The summed E-state index contributed by atoms with van der Waals surface area (Å²) >= 11 is 1.72. The first-order chi connectivity index (χ1) is 13.0. The molecule has 0 unspecified atom stereocenters. The van der Waals surface area contributed by atoms with Crippen LogP contribution >= 0.6 is 11.8 Å². The van der Waals surface area contributed by atoms with E-state index < -0.39 is 0 Å². The quantitative estimate of drug-likeness (QED) is 0.727. The molecule has 0 heterocycles. The van der Waals surface area contributed by atoms with Crippen LogP contribution in [0, 0.1) is 0 Å². The molecule has 1 amide bonds. The van der Waals surface area contributed by atoms with Gasteiger partial charge < -0.3 is 5.32 Å². The minimum absolute atomic E-state index is 0.0677. The maximum absolute atomic E-state index is 12.8. The third-order valence-corrected chi connectivity index (χ3v) is 6.74. The van der Waals surface area contributed by atoms with Gasteiger partial charge in [0.1, 0.15) is 0 Å². The van der Waals surface area contributed by atoms with Crippen molar-refractivity contribution in [3.63, 3.8) is 0 Å². The lowest BCUT2D eigenvalue weighted by molar-refractivity contribution is -0.115. The van der Waals surface area contributed by atoms with E-state index in [4.69, 9.17) is 0 Å². The topological polar surface area (TPSA) is 63.2 Å². The van der Waals surface area contributed by atoms with Gasteiger partial charge >= 0.3 is 0 Å². The Balaban J connectivity index is 1.53. The molecular weight excluding hydrogens is 358 g/mol. The summed E-state index contributed by atoms with van der Waals surface area (Å²) in [6.07, 6.45) is 4.84. The predicted molar refractivity (Wildman–Crippen MR) is 108 cm³/mol. The molecule has 1 saturated carbocycles. The zero-order valence-corrected chi connectivity index (χ0v) is 16.0. The van der Waals surface area contributed by atoms with E-state index in [1.165, 1.54) is 25.7 Å². The predicted octanol–water partition coefficient (Wildman–Crippen LogP) is 4.46. The van der Waals surface area contributed by atoms with Crippen molar-refractivity contribution in [2.45, 2.75) is 43.1 Å². The average Bonchev–Trinajstić information content (AvgIpc) is 3.19. The minimum atomic E-state index is -0.176. The van der Waals surface area contributed by atoms with Gasteiger partial charge in [0.15, 0.2) is 11.6 Å². The van der Waals surface area contributed by atoms with Crippen LogP contribution < -0.4 is 5.32 Å². The highest BCUT2D eigenvalue weighted by atomic mass is 32.2. The monoisotopic (exact) mass is 379 g/mol. The lowest BCUT2D eigenvalue weighted by Crippen LogP contribution is -2.25. The summed E-state index contributed by atoms with van der Waals surface area (Å²) in [6, 6.07) is 11.8. The molecule has 2 aromatic carbocycles. The second kappa shape index (κ2) is 7.31. The van der Waals surface area contributed by atoms with Crippen LogP contribution in [-0.4, -0.2) is 28.0 Å². The molecule has 5 heteroatoms. The smallest absolute Gasteiger partial charge is 0.237 e. The number of nitrogens with one attached hydrogen (secondary N) is 1. The number of rotatable bonds is 4. The first kappa shape index (κ1) is 18.0. The van der Waals surface area contributed by atoms with Crippen LogP contribution in [0.3, 0.4) is 0 Å². The van der Waals surface area contributed by atoms with E-state index in [-0.39, 0.29) is 22.7 Å². The lowest BCUT2D eigenvalue weighted by Gasteiger charge is -2.19. The van der Waals surface area contributed by atoms with Crippen LogP contribution in [0.2, 0.25) is 0 Å². The van der Waals surface area contributed by atoms with E-state index in [0.717, 1.165) is 0 Å². The Hall–Kier alpha value is -2.40. The van der Waals surface area contributed by atoms with E-state index in [1.807, 2.05) is 6.92 Å². The first-order valence-electron chi connectivity index (χ1n) is 9.33. The number of thioether (sulfide) groups is 1. The molecule has 2 aromatic rings. The molecule has 0 bridgehead atoms. The summed E-state index contributed by atoms with van der Waals surface area (Å²) in [5.41, 5.74) is 2.16. The Morgan fingerprint density at radius 2 is 1.56 bits per heavy atom. The van der Waals surface area contributed by atoms with Crippen molar-refractivity contribution in [1.82, 2.24) is 0 Å². The lowest BCUT2D eigenvalue weighted by atomic mass is 9.84. The van der Waals surface area contributed by atoms with Crippen molar-refractivity contribution in [3.8, 4) is 0 Å². The molecule has 0 radical (unpaired) electrons. The number of amides is 1. The molecule has 27 heavy (non-hydrogen) atoms. The molecule has 4 nitrogen and oxygen atoms in total. The molecular formula is C22H21NO3S. The van der Waals surface area contributed by atoms with Gasteiger partial charge in [-0.25, -0.2) is 0 Å². The van der Waals surface area contributed by atoms with Crippen molar-refractivity contribution in [2.24, 2.45) is 0 Å². The minimum Gasteiger partial charge on any atom is -0.325 e.